The van der Waals surface area contributed by atoms with Crippen LogP contribution in [0.1, 0.15) is 29.6 Å². The van der Waals surface area contributed by atoms with Gasteiger partial charge in [-0.05, 0) is 36.8 Å². The van der Waals surface area contributed by atoms with Gasteiger partial charge < -0.3 is 15.1 Å². The molecule has 1 saturated heterocycles. The number of amides is 1. The second-order valence-electron chi connectivity index (χ2n) is 6.71. The van der Waals surface area contributed by atoms with E-state index in [2.05, 4.69) is 0 Å². The minimum atomic E-state index is -0.562. The molecular formula is C18H21ClN2O3. The number of likely N-dealkylation sites (tertiary alicyclic amines) is 1. The van der Waals surface area contributed by atoms with Gasteiger partial charge in [-0.25, -0.2) is 4.79 Å². The van der Waals surface area contributed by atoms with Gasteiger partial charge in [0.05, 0.1) is 0 Å². The Morgan fingerprint density at radius 1 is 1.21 bits per heavy atom. The van der Waals surface area contributed by atoms with Crippen molar-refractivity contribution in [3.05, 3.63) is 46.3 Å². The summed E-state index contributed by atoms with van der Waals surface area (Å²) in [7, 11) is 0. The van der Waals surface area contributed by atoms with E-state index >= 15 is 0 Å². The van der Waals surface area contributed by atoms with Crippen LogP contribution >= 0.6 is 12.4 Å². The van der Waals surface area contributed by atoms with Crippen molar-refractivity contribution < 1.29 is 9.21 Å². The van der Waals surface area contributed by atoms with Crippen LogP contribution in [0.5, 0.6) is 0 Å². The van der Waals surface area contributed by atoms with Gasteiger partial charge in [-0.3, -0.25) is 4.79 Å². The fourth-order valence-corrected chi connectivity index (χ4v) is 4.06. The first kappa shape index (κ1) is 17.0. The van der Waals surface area contributed by atoms with Gasteiger partial charge in [0, 0.05) is 24.5 Å². The summed E-state index contributed by atoms with van der Waals surface area (Å²) in [6, 6.07) is 9.05. The largest absolute Gasteiger partial charge is 0.422 e. The van der Waals surface area contributed by atoms with E-state index in [4.69, 9.17) is 10.2 Å². The Bertz CT molecular complexity index is 819. The summed E-state index contributed by atoms with van der Waals surface area (Å²) in [4.78, 5) is 26.7. The second-order valence-corrected chi connectivity index (χ2v) is 6.71. The summed E-state index contributed by atoms with van der Waals surface area (Å²) in [6.45, 7) is 1.35. The Morgan fingerprint density at radius 2 is 2.00 bits per heavy atom. The van der Waals surface area contributed by atoms with E-state index in [0.717, 1.165) is 24.6 Å². The predicted octanol–water partition coefficient (Wildman–Crippen LogP) is 2.41. The van der Waals surface area contributed by atoms with Crippen LogP contribution in [0.2, 0.25) is 0 Å². The normalized spacial score (nSPS) is 26.0. The van der Waals surface area contributed by atoms with Crippen LogP contribution in [-0.2, 0) is 0 Å². The third kappa shape index (κ3) is 2.82. The van der Waals surface area contributed by atoms with Crippen molar-refractivity contribution in [1.82, 2.24) is 4.90 Å². The lowest BCUT2D eigenvalue weighted by molar-refractivity contribution is 0.0779. The molecular weight excluding hydrogens is 328 g/mol. The molecule has 1 amide bonds. The van der Waals surface area contributed by atoms with Gasteiger partial charge in [0.2, 0.25) is 0 Å². The Balaban J connectivity index is 0.00000169. The van der Waals surface area contributed by atoms with Crippen molar-refractivity contribution in [2.75, 3.05) is 13.1 Å². The summed E-state index contributed by atoms with van der Waals surface area (Å²) in [6.07, 6.45) is 3.28. The monoisotopic (exact) mass is 348 g/mol. The standard InChI is InChI=1S/C18H20N2O3.ClH/c19-15-6-3-5-12-9-20(10-14(12)15)17(21)13-8-11-4-1-2-7-16(11)23-18(13)22;/h1-2,4,7-8,12,14-15H,3,5-6,9-10,19H2;1H/t12-,14+,15-;/m1./s1. The number of nitrogens with two attached hydrogens (primary N) is 1. The van der Waals surface area contributed by atoms with Gasteiger partial charge in [0.15, 0.2) is 0 Å². The Kier molecular flexibility index (Phi) is 4.65. The maximum atomic E-state index is 12.8. The molecule has 2 aromatic rings. The molecule has 3 atom stereocenters. The van der Waals surface area contributed by atoms with Crippen LogP contribution in [-0.4, -0.2) is 29.9 Å². The van der Waals surface area contributed by atoms with Crippen molar-refractivity contribution in [3.8, 4) is 0 Å². The third-order valence-corrected chi connectivity index (χ3v) is 5.31. The molecule has 4 rings (SSSR count). The Hall–Kier alpha value is -1.85. The van der Waals surface area contributed by atoms with Crippen molar-refractivity contribution in [3.63, 3.8) is 0 Å². The first-order chi connectivity index (χ1) is 11.1. The average molecular weight is 349 g/mol. The molecule has 2 heterocycles. The number of hydrogen-bond acceptors (Lipinski definition) is 4. The first-order valence-electron chi connectivity index (χ1n) is 8.21. The van der Waals surface area contributed by atoms with Gasteiger partial charge >= 0.3 is 5.63 Å². The average Bonchev–Trinajstić information content (AvgIpc) is 2.99. The van der Waals surface area contributed by atoms with Gasteiger partial charge in [0.25, 0.3) is 5.91 Å². The van der Waals surface area contributed by atoms with E-state index in [0.29, 0.717) is 30.5 Å². The Labute approximate surface area is 146 Å². The van der Waals surface area contributed by atoms with Crippen LogP contribution in [0.3, 0.4) is 0 Å². The fraction of sp³-hybridized carbons (Fsp3) is 0.444. The van der Waals surface area contributed by atoms with Crippen LogP contribution in [0.15, 0.2) is 39.5 Å². The molecule has 1 saturated carbocycles. The molecule has 5 nitrogen and oxygen atoms in total. The molecule has 24 heavy (non-hydrogen) atoms. The number of carbonyl (C=O) groups excluding carboxylic acids is 1. The smallest absolute Gasteiger partial charge is 0.349 e. The lowest BCUT2D eigenvalue weighted by Crippen LogP contribution is -2.38. The minimum Gasteiger partial charge on any atom is -0.422 e. The van der Waals surface area contributed by atoms with E-state index < -0.39 is 5.63 Å². The van der Waals surface area contributed by atoms with E-state index in [1.165, 1.54) is 0 Å². The molecule has 0 bridgehead atoms. The van der Waals surface area contributed by atoms with Gasteiger partial charge in [-0.1, -0.05) is 24.6 Å². The van der Waals surface area contributed by atoms with Crippen LogP contribution < -0.4 is 11.4 Å². The van der Waals surface area contributed by atoms with Gasteiger partial charge in [0.1, 0.15) is 11.1 Å². The summed E-state index contributed by atoms with van der Waals surface area (Å²) >= 11 is 0. The number of halogens is 1. The molecule has 2 N–H and O–H groups in total. The summed E-state index contributed by atoms with van der Waals surface area (Å²) in [5.74, 6) is 0.599. The summed E-state index contributed by atoms with van der Waals surface area (Å²) < 4.78 is 5.29. The number of nitrogens with zero attached hydrogens (tertiary/aromatic N) is 1. The van der Waals surface area contributed by atoms with Crippen molar-refractivity contribution in [2.45, 2.75) is 25.3 Å². The highest BCUT2D eigenvalue weighted by molar-refractivity contribution is 5.96. The highest BCUT2D eigenvalue weighted by atomic mass is 35.5. The zero-order chi connectivity index (χ0) is 16.0. The second kappa shape index (κ2) is 6.57. The predicted molar refractivity (Wildman–Crippen MR) is 94.4 cm³/mol. The number of hydrogen-bond donors (Lipinski definition) is 1. The van der Waals surface area contributed by atoms with Crippen molar-refractivity contribution in [1.29, 1.82) is 0 Å². The SMILES string of the molecule is Cl.N[C@@H]1CCC[C@@H]2CN(C(=O)c3cc4ccccc4oc3=O)C[C@@H]21. The maximum absolute atomic E-state index is 12.8. The number of carbonyl (C=O) groups is 1. The van der Waals surface area contributed by atoms with Crippen LogP contribution in [0, 0.1) is 11.8 Å². The van der Waals surface area contributed by atoms with Crippen LogP contribution in [0.25, 0.3) is 11.0 Å². The minimum absolute atomic E-state index is 0. The summed E-state index contributed by atoms with van der Waals surface area (Å²) in [5.41, 5.74) is 6.27. The third-order valence-electron chi connectivity index (χ3n) is 5.31. The molecule has 1 aromatic carbocycles. The number of rotatable bonds is 1. The Morgan fingerprint density at radius 3 is 2.79 bits per heavy atom. The molecule has 0 spiro atoms. The van der Waals surface area contributed by atoms with Crippen molar-refractivity contribution >= 4 is 29.3 Å². The molecule has 1 aliphatic heterocycles. The maximum Gasteiger partial charge on any atom is 0.349 e. The number of para-hydroxylation sites is 1. The summed E-state index contributed by atoms with van der Waals surface area (Å²) in [5, 5.41) is 0.767. The molecule has 2 aliphatic rings. The van der Waals surface area contributed by atoms with Crippen molar-refractivity contribution in [2.24, 2.45) is 17.6 Å². The quantitative estimate of drug-likeness (QED) is 0.803. The van der Waals surface area contributed by atoms with E-state index in [9.17, 15) is 9.59 Å². The number of fused-ring (bicyclic) bond motifs is 2. The molecule has 0 unspecified atom stereocenters. The molecule has 0 radical (unpaired) electrons. The molecule has 6 heteroatoms. The highest BCUT2D eigenvalue weighted by Crippen LogP contribution is 2.36. The zero-order valence-corrected chi connectivity index (χ0v) is 14.1. The molecule has 1 aliphatic carbocycles. The topological polar surface area (TPSA) is 76.5 Å². The van der Waals surface area contributed by atoms with E-state index in [1.807, 2.05) is 12.1 Å². The van der Waals surface area contributed by atoms with E-state index in [1.54, 1.807) is 23.1 Å². The highest BCUT2D eigenvalue weighted by Gasteiger charge is 2.41. The zero-order valence-electron chi connectivity index (χ0n) is 13.3. The molecule has 128 valence electrons. The lowest BCUT2D eigenvalue weighted by atomic mass is 9.78. The first-order valence-corrected chi connectivity index (χ1v) is 8.21. The van der Waals surface area contributed by atoms with Gasteiger partial charge in [-0.2, -0.15) is 0 Å². The number of benzene rings is 1. The molecule has 2 fully saturated rings. The fourth-order valence-electron chi connectivity index (χ4n) is 4.06. The van der Waals surface area contributed by atoms with E-state index in [-0.39, 0.29) is 29.9 Å². The lowest BCUT2D eigenvalue weighted by Gasteiger charge is -2.29. The van der Waals surface area contributed by atoms with Gasteiger partial charge in [-0.15, -0.1) is 12.4 Å². The molecule has 1 aromatic heterocycles. The van der Waals surface area contributed by atoms with Crippen LogP contribution in [0.4, 0.5) is 0 Å².